The molecule has 72 valence electrons. The largest absolute Gasteiger partial charge is 0.330 e. The van der Waals surface area contributed by atoms with E-state index in [4.69, 9.17) is 5.73 Å². The second kappa shape index (κ2) is 4.35. The zero-order chi connectivity index (χ0) is 9.80. The Morgan fingerprint density at radius 1 is 1.43 bits per heavy atom. The maximum Gasteiger partial charge on any atom is 0.0817 e. The van der Waals surface area contributed by atoms with Crippen molar-refractivity contribution in [1.82, 2.24) is 4.98 Å². The zero-order valence-corrected chi connectivity index (χ0v) is 8.63. The number of nitrogens with zero attached hydrogens (tertiary/aromatic N) is 1. The molecule has 2 N–H and O–H groups in total. The SMILES string of the molecule is NCCC=Cc1ccc2scnc2c1. The third-order valence-electron chi connectivity index (χ3n) is 2.00. The molecular weight excluding hydrogens is 192 g/mol. The topological polar surface area (TPSA) is 38.9 Å². The van der Waals surface area contributed by atoms with E-state index in [0.29, 0.717) is 6.54 Å². The first-order valence-corrected chi connectivity index (χ1v) is 5.48. The van der Waals surface area contributed by atoms with Gasteiger partial charge in [-0.05, 0) is 30.7 Å². The van der Waals surface area contributed by atoms with Crippen molar-refractivity contribution in [3.63, 3.8) is 0 Å². The molecule has 0 bridgehead atoms. The minimum Gasteiger partial charge on any atom is -0.330 e. The van der Waals surface area contributed by atoms with Crippen LogP contribution in [-0.2, 0) is 0 Å². The molecule has 2 nitrogen and oxygen atoms in total. The van der Waals surface area contributed by atoms with Crippen molar-refractivity contribution in [2.24, 2.45) is 5.73 Å². The van der Waals surface area contributed by atoms with Crippen LogP contribution in [0.1, 0.15) is 12.0 Å². The van der Waals surface area contributed by atoms with Crippen molar-refractivity contribution in [3.8, 4) is 0 Å². The molecular formula is C11H12N2S. The lowest BCUT2D eigenvalue weighted by Gasteiger charge is -1.92. The predicted octanol–water partition coefficient (Wildman–Crippen LogP) is 2.66. The van der Waals surface area contributed by atoms with Crippen LogP contribution in [0.25, 0.3) is 16.3 Å². The third-order valence-corrected chi connectivity index (χ3v) is 2.81. The summed E-state index contributed by atoms with van der Waals surface area (Å²) in [5.41, 5.74) is 9.54. The van der Waals surface area contributed by atoms with Crippen LogP contribution in [0.4, 0.5) is 0 Å². The minimum atomic E-state index is 0.704. The lowest BCUT2D eigenvalue weighted by molar-refractivity contribution is 1.01. The van der Waals surface area contributed by atoms with E-state index >= 15 is 0 Å². The van der Waals surface area contributed by atoms with E-state index in [2.05, 4.69) is 35.3 Å². The second-order valence-corrected chi connectivity index (χ2v) is 3.95. The van der Waals surface area contributed by atoms with E-state index < -0.39 is 0 Å². The van der Waals surface area contributed by atoms with Gasteiger partial charge < -0.3 is 5.73 Å². The van der Waals surface area contributed by atoms with E-state index in [1.807, 2.05) is 5.51 Å². The summed E-state index contributed by atoms with van der Waals surface area (Å²) in [4.78, 5) is 4.27. The number of benzene rings is 1. The molecule has 2 rings (SSSR count). The molecule has 0 fully saturated rings. The molecule has 0 saturated carbocycles. The Balaban J connectivity index is 2.25. The Kier molecular flexibility index (Phi) is 2.91. The molecule has 0 aliphatic carbocycles. The Hall–Kier alpha value is -1.19. The molecule has 0 atom stereocenters. The molecule has 0 spiro atoms. The van der Waals surface area contributed by atoms with Crippen LogP contribution in [0.15, 0.2) is 29.8 Å². The highest BCUT2D eigenvalue weighted by Crippen LogP contribution is 2.19. The monoisotopic (exact) mass is 204 g/mol. The average molecular weight is 204 g/mol. The maximum absolute atomic E-state index is 5.40. The van der Waals surface area contributed by atoms with Crippen molar-refractivity contribution in [1.29, 1.82) is 0 Å². The van der Waals surface area contributed by atoms with Gasteiger partial charge in [-0.2, -0.15) is 0 Å². The number of rotatable bonds is 3. The van der Waals surface area contributed by atoms with Crippen LogP contribution in [0.2, 0.25) is 0 Å². The molecule has 3 heteroatoms. The summed E-state index contributed by atoms with van der Waals surface area (Å²) in [5, 5.41) is 0. The Labute approximate surface area is 87.1 Å². The molecule has 1 aromatic carbocycles. The first kappa shape index (κ1) is 9.37. The standard InChI is InChI=1S/C11H12N2S/c12-6-2-1-3-9-4-5-11-10(7-9)13-8-14-11/h1,3-5,7-8H,2,6,12H2. The maximum atomic E-state index is 5.40. The van der Waals surface area contributed by atoms with Crippen molar-refractivity contribution in [2.45, 2.75) is 6.42 Å². The van der Waals surface area contributed by atoms with Crippen LogP contribution in [0, 0.1) is 0 Å². The summed E-state index contributed by atoms with van der Waals surface area (Å²) >= 11 is 1.67. The lowest BCUT2D eigenvalue weighted by atomic mass is 10.2. The van der Waals surface area contributed by atoms with E-state index in [1.54, 1.807) is 11.3 Å². The van der Waals surface area contributed by atoms with E-state index in [1.165, 1.54) is 10.3 Å². The molecule has 0 aliphatic heterocycles. The van der Waals surface area contributed by atoms with Crippen LogP contribution in [0.5, 0.6) is 0 Å². The van der Waals surface area contributed by atoms with Gasteiger partial charge in [-0.3, -0.25) is 0 Å². The number of nitrogens with two attached hydrogens (primary N) is 1. The second-order valence-electron chi connectivity index (χ2n) is 3.06. The Bertz CT molecular complexity index is 445. The molecule has 0 saturated heterocycles. The quantitative estimate of drug-likeness (QED) is 0.834. The van der Waals surface area contributed by atoms with Crippen molar-refractivity contribution < 1.29 is 0 Å². The summed E-state index contributed by atoms with van der Waals surface area (Å²) in [6.45, 7) is 0.704. The fraction of sp³-hybridized carbons (Fsp3) is 0.182. The molecule has 0 aliphatic rings. The van der Waals surface area contributed by atoms with Crippen LogP contribution in [0.3, 0.4) is 0 Å². The number of hydrogen-bond acceptors (Lipinski definition) is 3. The van der Waals surface area contributed by atoms with Gasteiger partial charge in [-0.25, -0.2) is 4.98 Å². The van der Waals surface area contributed by atoms with Gasteiger partial charge in [0.15, 0.2) is 0 Å². The summed E-state index contributed by atoms with van der Waals surface area (Å²) in [6.07, 6.45) is 5.11. The molecule has 1 aromatic heterocycles. The van der Waals surface area contributed by atoms with Crippen molar-refractivity contribution in [3.05, 3.63) is 35.3 Å². The first-order valence-electron chi connectivity index (χ1n) is 4.60. The fourth-order valence-electron chi connectivity index (χ4n) is 1.29. The fourth-order valence-corrected chi connectivity index (χ4v) is 1.95. The molecule has 0 amide bonds. The summed E-state index contributed by atoms with van der Waals surface area (Å²) in [7, 11) is 0. The third kappa shape index (κ3) is 2.00. The highest BCUT2D eigenvalue weighted by Gasteiger charge is 1.95. The van der Waals surface area contributed by atoms with Crippen LogP contribution >= 0.6 is 11.3 Å². The predicted molar refractivity (Wildman–Crippen MR) is 62.3 cm³/mol. The highest BCUT2D eigenvalue weighted by atomic mass is 32.1. The van der Waals surface area contributed by atoms with Crippen molar-refractivity contribution in [2.75, 3.05) is 6.54 Å². The molecule has 0 radical (unpaired) electrons. The molecule has 1 heterocycles. The Morgan fingerprint density at radius 3 is 3.21 bits per heavy atom. The van der Waals surface area contributed by atoms with Gasteiger partial charge >= 0.3 is 0 Å². The van der Waals surface area contributed by atoms with Gasteiger partial charge in [0, 0.05) is 0 Å². The summed E-state index contributed by atoms with van der Waals surface area (Å²) in [5.74, 6) is 0. The number of aromatic nitrogens is 1. The van der Waals surface area contributed by atoms with Gasteiger partial charge in [-0.1, -0.05) is 18.2 Å². The van der Waals surface area contributed by atoms with Crippen LogP contribution in [-0.4, -0.2) is 11.5 Å². The average Bonchev–Trinajstić information content (AvgIpc) is 2.65. The van der Waals surface area contributed by atoms with Gasteiger partial charge in [0.1, 0.15) is 0 Å². The highest BCUT2D eigenvalue weighted by molar-refractivity contribution is 7.16. The van der Waals surface area contributed by atoms with Crippen molar-refractivity contribution >= 4 is 27.6 Å². The van der Waals surface area contributed by atoms with E-state index in [0.717, 1.165) is 11.9 Å². The normalized spacial score (nSPS) is 11.5. The summed E-state index contributed by atoms with van der Waals surface area (Å²) in [6, 6.07) is 6.31. The van der Waals surface area contributed by atoms with Gasteiger partial charge in [-0.15, -0.1) is 11.3 Å². The minimum absolute atomic E-state index is 0.704. The molecule has 14 heavy (non-hydrogen) atoms. The molecule has 0 unspecified atom stereocenters. The van der Waals surface area contributed by atoms with E-state index in [9.17, 15) is 0 Å². The smallest absolute Gasteiger partial charge is 0.0817 e. The number of hydrogen-bond donors (Lipinski definition) is 1. The van der Waals surface area contributed by atoms with E-state index in [-0.39, 0.29) is 0 Å². The Morgan fingerprint density at radius 2 is 2.36 bits per heavy atom. The number of fused-ring (bicyclic) bond motifs is 1. The number of thiazole rings is 1. The van der Waals surface area contributed by atoms with Gasteiger partial charge in [0.25, 0.3) is 0 Å². The van der Waals surface area contributed by atoms with Crippen LogP contribution < -0.4 is 5.73 Å². The summed E-state index contributed by atoms with van der Waals surface area (Å²) < 4.78 is 1.24. The van der Waals surface area contributed by atoms with Gasteiger partial charge in [0.2, 0.25) is 0 Å². The lowest BCUT2D eigenvalue weighted by Crippen LogP contribution is -1.94. The molecule has 2 aromatic rings. The van der Waals surface area contributed by atoms with Gasteiger partial charge in [0.05, 0.1) is 15.7 Å². The zero-order valence-electron chi connectivity index (χ0n) is 7.81. The first-order chi connectivity index (χ1) is 6.90.